The third kappa shape index (κ3) is 7.03. The largest absolute Gasteiger partial charge is 0.315 e. The molecule has 1 N–H and O–H groups in total. The van der Waals surface area contributed by atoms with Gasteiger partial charge in [0.2, 0.25) is 0 Å². The van der Waals surface area contributed by atoms with E-state index < -0.39 is 0 Å². The van der Waals surface area contributed by atoms with Crippen molar-refractivity contribution in [2.45, 2.75) is 51.9 Å². The monoisotopic (exact) mass is 269 g/mol. The average molecular weight is 270 g/mol. The molecule has 2 heteroatoms. The quantitative estimate of drug-likeness (QED) is 0.759. The van der Waals surface area contributed by atoms with E-state index in [4.69, 9.17) is 0 Å². The van der Waals surface area contributed by atoms with Crippen LogP contribution in [-0.2, 0) is 0 Å². The van der Waals surface area contributed by atoms with E-state index in [1.54, 1.807) is 0 Å². The average Bonchev–Trinajstić information content (AvgIpc) is 2.30. The molecule has 1 aliphatic rings. The van der Waals surface area contributed by atoms with Crippen molar-refractivity contribution >= 4 is 12.4 Å². The van der Waals surface area contributed by atoms with Gasteiger partial charge < -0.3 is 5.32 Å². The fourth-order valence-corrected chi connectivity index (χ4v) is 1.93. The Balaban J connectivity index is 0.000000326. The summed E-state index contributed by atoms with van der Waals surface area (Å²) in [7, 11) is 0. The van der Waals surface area contributed by atoms with Gasteiger partial charge in [-0.3, -0.25) is 0 Å². The Morgan fingerprint density at radius 2 is 1.50 bits per heavy atom. The first kappa shape index (κ1) is 17.5. The van der Waals surface area contributed by atoms with Gasteiger partial charge in [-0.05, 0) is 5.56 Å². The fourth-order valence-electron chi connectivity index (χ4n) is 1.93. The summed E-state index contributed by atoms with van der Waals surface area (Å²) in [6, 6.07) is 10.7. The van der Waals surface area contributed by atoms with Gasteiger partial charge >= 0.3 is 0 Å². The summed E-state index contributed by atoms with van der Waals surface area (Å²) >= 11 is 0. The molecular formula is C16H28ClN. The van der Waals surface area contributed by atoms with Crippen molar-refractivity contribution in [2.75, 3.05) is 13.1 Å². The van der Waals surface area contributed by atoms with E-state index in [1.807, 2.05) is 0 Å². The van der Waals surface area contributed by atoms with Crippen LogP contribution in [0.2, 0.25) is 0 Å². The highest BCUT2D eigenvalue weighted by molar-refractivity contribution is 5.85. The Bertz CT molecular complexity index is 266. The zero-order valence-electron chi connectivity index (χ0n) is 11.8. The first-order chi connectivity index (χ1) is 8.38. The molecule has 1 aliphatic heterocycles. The topological polar surface area (TPSA) is 12.0 Å². The summed E-state index contributed by atoms with van der Waals surface area (Å²) in [5, 5.41) is 3.26. The summed E-state index contributed by atoms with van der Waals surface area (Å²) in [6.45, 7) is 6.80. The van der Waals surface area contributed by atoms with Gasteiger partial charge in [0, 0.05) is 19.0 Å². The second-order valence-electron chi connectivity index (χ2n) is 4.83. The molecule has 0 saturated carbocycles. The molecule has 0 aromatic heterocycles. The first-order valence-corrected chi connectivity index (χ1v) is 7.14. The van der Waals surface area contributed by atoms with E-state index in [0.717, 1.165) is 19.0 Å². The highest BCUT2D eigenvalue weighted by Crippen LogP contribution is 2.18. The van der Waals surface area contributed by atoms with Crippen molar-refractivity contribution in [1.82, 2.24) is 5.32 Å². The molecule has 0 spiro atoms. The molecule has 18 heavy (non-hydrogen) atoms. The number of halogens is 1. The SMILES string of the molecule is CCCCCCC.Cl.c1ccc(C2CNC2)cc1. The van der Waals surface area contributed by atoms with Crippen molar-refractivity contribution in [3.63, 3.8) is 0 Å². The lowest BCUT2D eigenvalue weighted by Gasteiger charge is -2.27. The molecule has 0 aliphatic carbocycles. The van der Waals surface area contributed by atoms with E-state index in [2.05, 4.69) is 49.5 Å². The number of hydrogen-bond donors (Lipinski definition) is 1. The number of unbranched alkanes of at least 4 members (excludes halogenated alkanes) is 4. The molecule has 0 amide bonds. The standard InChI is InChI=1S/C9H11N.C7H16.ClH/c1-2-4-8(5-3-1)9-6-10-7-9;1-3-5-7-6-4-2;/h1-5,9-10H,6-7H2;3-7H2,1-2H3;1H. The zero-order chi connectivity index (χ0) is 12.3. The lowest BCUT2D eigenvalue weighted by Crippen LogP contribution is -2.39. The van der Waals surface area contributed by atoms with Gasteiger partial charge in [0.25, 0.3) is 0 Å². The van der Waals surface area contributed by atoms with Crippen molar-refractivity contribution in [2.24, 2.45) is 0 Å². The second-order valence-corrected chi connectivity index (χ2v) is 4.83. The minimum Gasteiger partial charge on any atom is -0.315 e. The second kappa shape index (κ2) is 11.6. The molecule has 0 bridgehead atoms. The van der Waals surface area contributed by atoms with Crippen molar-refractivity contribution in [3.05, 3.63) is 35.9 Å². The fraction of sp³-hybridized carbons (Fsp3) is 0.625. The third-order valence-corrected chi connectivity index (χ3v) is 3.26. The van der Waals surface area contributed by atoms with Gasteiger partial charge in [-0.1, -0.05) is 76.3 Å². The van der Waals surface area contributed by atoms with E-state index in [1.165, 1.54) is 37.7 Å². The van der Waals surface area contributed by atoms with E-state index in [0.29, 0.717) is 0 Å². The van der Waals surface area contributed by atoms with Crippen LogP contribution in [-0.4, -0.2) is 13.1 Å². The number of hydrogen-bond acceptors (Lipinski definition) is 1. The highest BCUT2D eigenvalue weighted by Gasteiger charge is 2.17. The van der Waals surface area contributed by atoms with E-state index in [-0.39, 0.29) is 12.4 Å². The van der Waals surface area contributed by atoms with Gasteiger partial charge in [-0.15, -0.1) is 12.4 Å². The van der Waals surface area contributed by atoms with Crippen LogP contribution in [0.25, 0.3) is 0 Å². The maximum Gasteiger partial charge on any atom is 0.00885 e. The molecule has 1 saturated heterocycles. The van der Waals surface area contributed by atoms with Crippen LogP contribution in [0.1, 0.15) is 57.4 Å². The Labute approximate surface area is 119 Å². The van der Waals surface area contributed by atoms with Crippen molar-refractivity contribution < 1.29 is 0 Å². The molecule has 0 unspecified atom stereocenters. The molecule has 1 nitrogen and oxygen atoms in total. The zero-order valence-corrected chi connectivity index (χ0v) is 12.6. The van der Waals surface area contributed by atoms with Crippen LogP contribution in [0.5, 0.6) is 0 Å². The number of nitrogens with one attached hydrogen (secondary N) is 1. The predicted molar refractivity (Wildman–Crippen MR) is 83.7 cm³/mol. The number of rotatable bonds is 5. The summed E-state index contributed by atoms with van der Waals surface area (Å²) < 4.78 is 0. The van der Waals surface area contributed by atoms with Crippen LogP contribution in [0.3, 0.4) is 0 Å². The molecule has 0 radical (unpaired) electrons. The van der Waals surface area contributed by atoms with E-state index >= 15 is 0 Å². The van der Waals surface area contributed by atoms with Gasteiger partial charge in [0.1, 0.15) is 0 Å². The lowest BCUT2D eigenvalue weighted by molar-refractivity contribution is 0.448. The molecule has 1 aromatic carbocycles. The Morgan fingerprint density at radius 3 is 1.89 bits per heavy atom. The summed E-state index contributed by atoms with van der Waals surface area (Å²) in [4.78, 5) is 0. The van der Waals surface area contributed by atoms with Gasteiger partial charge in [0.15, 0.2) is 0 Å². The minimum absolute atomic E-state index is 0. The van der Waals surface area contributed by atoms with Gasteiger partial charge in [-0.2, -0.15) is 0 Å². The lowest BCUT2D eigenvalue weighted by atomic mass is 9.94. The Hall–Kier alpha value is -0.530. The maximum atomic E-state index is 3.26. The van der Waals surface area contributed by atoms with Crippen LogP contribution in [0.15, 0.2) is 30.3 Å². The molecule has 1 fully saturated rings. The summed E-state index contributed by atoms with van der Waals surface area (Å²) in [6.07, 6.45) is 7.01. The number of benzene rings is 1. The first-order valence-electron chi connectivity index (χ1n) is 7.14. The van der Waals surface area contributed by atoms with Crippen molar-refractivity contribution in [3.8, 4) is 0 Å². The van der Waals surface area contributed by atoms with Crippen molar-refractivity contribution in [1.29, 1.82) is 0 Å². The molecule has 0 atom stereocenters. The summed E-state index contributed by atoms with van der Waals surface area (Å²) in [5.41, 5.74) is 1.47. The predicted octanol–water partition coefficient (Wildman–Crippen LogP) is 4.77. The van der Waals surface area contributed by atoms with Crippen LogP contribution >= 0.6 is 12.4 Å². The Kier molecular flexibility index (Phi) is 11.2. The van der Waals surface area contributed by atoms with Crippen LogP contribution in [0, 0.1) is 0 Å². The third-order valence-electron chi connectivity index (χ3n) is 3.26. The van der Waals surface area contributed by atoms with Crippen LogP contribution in [0.4, 0.5) is 0 Å². The summed E-state index contributed by atoms with van der Waals surface area (Å²) in [5.74, 6) is 0.779. The molecule has 1 heterocycles. The van der Waals surface area contributed by atoms with Crippen LogP contribution < -0.4 is 5.32 Å². The molecule has 104 valence electrons. The Morgan fingerprint density at radius 1 is 0.944 bits per heavy atom. The van der Waals surface area contributed by atoms with Gasteiger partial charge in [0.05, 0.1) is 0 Å². The maximum absolute atomic E-state index is 3.26. The molecular weight excluding hydrogens is 242 g/mol. The van der Waals surface area contributed by atoms with E-state index in [9.17, 15) is 0 Å². The molecule has 1 aromatic rings. The minimum atomic E-state index is 0. The smallest absolute Gasteiger partial charge is 0.00885 e. The van der Waals surface area contributed by atoms with Gasteiger partial charge in [-0.25, -0.2) is 0 Å². The highest BCUT2D eigenvalue weighted by atomic mass is 35.5. The molecule has 2 rings (SSSR count). The normalized spacial score (nSPS) is 13.9.